The van der Waals surface area contributed by atoms with Gasteiger partial charge in [-0.3, -0.25) is 14.9 Å². The number of hydrogen-bond donors (Lipinski definition) is 1. The molecule has 1 aliphatic carbocycles. The summed E-state index contributed by atoms with van der Waals surface area (Å²) >= 11 is 0. The molecule has 0 aliphatic heterocycles. The molecule has 1 N–H and O–H groups in total. The number of benzene rings is 1. The van der Waals surface area contributed by atoms with Crippen molar-refractivity contribution in [3.63, 3.8) is 0 Å². The highest BCUT2D eigenvalue weighted by atomic mass is 16.6. The zero-order chi connectivity index (χ0) is 18.2. The van der Waals surface area contributed by atoms with Gasteiger partial charge in [0.1, 0.15) is 11.6 Å². The number of carbonyl (C=O) groups is 1. The Morgan fingerprint density at radius 3 is 2.76 bits per heavy atom. The molecule has 1 fully saturated rings. The van der Waals surface area contributed by atoms with Gasteiger partial charge >= 0.3 is 0 Å². The Morgan fingerprint density at radius 2 is 2.08 bits per heavy atom. The average molecular weight is 339 g/mol. The molecule has 0 bridgehead atoms. The summed E-state index contributed by atoms with van der Waals surface area (Å²) in [6.07, 6.45) is 8.66. The number of para-hydroxylation sites is 1. The fraction of sp³-hybridized carbons (Fsp3) is 0.368. The second kappa shape index (κ2) is 8.78. The predicted molar refractivity (Wildman–Crippen MR) is 95.4 cm³/mol. The van der Waals surface area contributed by atoms with Crippen LogP contribution in [0.4, 0.5) is 5.69 Å². The SMILES string of the molecule is CC1CCCCC1NC(=O)/C(C#N)=C\C=C\c1ccccc1[N+](=O)[O-]. The summed E-state index contributed by atoms with van der Waals surface area (Å²) in [7, 11) is 0. The average Bonchev–Trinajstić information content (AvgIpc) is 2.61. The maximum Gasteiger partial charge on any atom is 0.276 e. The van der Waals surface area contributed by atoms with E-state index in [4.69, 9.17) is 0 Å². The van der Waals surface area contributed by atoms with Crippen LogP contribution >= 0.6 is 0 Å². The van der Waals surface area contributed by atoms with Crippen molar-refractivity contribution in [1.82, 2.24) is 5.32 Å². The largest absolute Gasteiger partial charge is 0.348 e. The maximum atomic E-state index is 12.3. The van der Waals surface area contributed by atoms with Gasteiger partial charge in [0.15, 0.2) is 0 Å². The highest BCUT2D eigenvalue weighted by Gasteiger charge is 2.23. The lowest BCUT2D eigenvalue weighted by Gasteiger charge is -2.29. The highest BCUT2D eigenvalue weighted by Crippen LogP contribution is 2.24. The van der Waals surface area contributed by atoms with Crippen LogP contribution in [0.3, 0.4) is 0 Å². The molecule has 0 aromatic heterocycles. The molecule has 6 heteroatoms. The van der Waals surface area contributed by atoms with E-state index in [0.717, 1.165) is 19.3 Å². The van der Waals surface area contributed by atoms with Crippen molar-refractivity contribution in [2.45, 2.75) is 38.6 Å². The van der Waals surface area contributed by atoms with Gasteiger partial charge in [-0.2, -0.15) is 5.26 Å². The van der Waals surface area contributed by atoms with Gasteiger partial charge in [-0.25, -0.2) is 0 Å². The number of carbonyl (C=O) groups excluding carboxylic acids is 1. The van der Waals surface area contributed by atoms with Crippen molar-refractivity contribution in [2.75, 3.05) is 0 Å². The van der Waals surface area contributed by atoms with Gasteiger partial charge in [-0.15, -0.1) is 0 Å². The molecule has 0 saturated heterocycles. The van der Waals surface area contributed by atoms with E-state index in [-0.39, 0.29) is 17.3 Å². The van der Waals surface area contributed by atoms with E-state index in [0.29, 0.717) is 11.5 Å². The molecule has 1 saturated carbocycles. The van der Waals surface area contributed by atoms with Crippen LogP contribution in [0.1, 0.15) is 38.2 Å². The number of nitro benzene ring substituents is 1. The summed E-state index contributed by atoms with van der Waals surface area (Å²) < 4.78 is 0. The van der Waals surface area contributed by atoms with Crippen molar-refractivity contribution >= 4 is 17.7 Å². The predicted octanol–water partition coefficient (Wildman–Crippen LogP) is 3.75. The molecule has 1 aromatic carbocycles. The number of hydrogen-bond acceptors (Lipinski definition) is 4. The van der Waals surface area contributed by atoms with Crippen LogP contribution in [0.2, 0.25) is 0 Å². The van der Waals surface area contributed by atoms with Gasteiger partial charge in [-0.1, -0.05) is 38.0 Å². The highest BCUT2D eigenvalue weighted by molar-refractivity contribution is 5.97. The number of amides is 1. The first-order chi connectivity index (χ1) is 12.0. The number of nitrogens with one attached hydrogen (secondary N) is 1. The van der Waals surface area contributed by atoms with E-state index in [1.807, 2.05) is 6.07 Å². The molecule has 130 valence electrons. The minimum Gasteiger partial charge on any atom is -0.348 e. The fourth-order valence-corrected chi connectivity index (χ4v) is 2.98. The van der Waals surface area contributed by atoms with Crippen LogP contribution in [-0.4, -0.2) is 16.9 Å². The summed E-state index contributed by atoms with van der Waals surface area (Å²) in [4.78, 5) is 22.8. The van der Waals surface area contributed by atoms with Gasteiger partial charge in [0.05, 0.1) is 10.5 Å². The maximum absolute atomic E-state index is 12.3. The Labute approximate surface area is 147 Å². The molecule has 1 aliphatic rings. The molecule has 1 aromatic rings. The van der Waals surface area contributed by atoms with Crippen LogP contribution in [0.25, 0.3) is 6.08 Å². The zero-order valence-corrected chi connectivity index (χ0v) is 14.1. The third-order valence-electron chi connectivity index (χ3n) is 4.47. The standard InChI is InChI=1S/C19H21N3O3/c1-14-7-2-4-11-17(14)21-19(23)16(13-20)10-6-9-15-8-3-5-12-18(15)22(24)25/h3,5-6,8-10,12,14,17H,2,4,7,11H2,1H3,(H,21,23)/b9-6+,16-10-. The number of nitro groups is 1. The molecule has 2 atom stereocenters. The van der Waals surface area contributed by atoms with Gasteiger partial charge in [0.2, 0.25) is 0 Å². The van der Waals surface area contributed by atoms with E-state index >= 15 is 0 Å². The van der Waals surface area contributed by atoms with Gasteiger partial charge in [-0.05, 0) is 37.0 Å². The normalized spacial score (nSPS) is 20.9. The van der Waals surface area contributed by atoms with Gasteiger partial charge in [0, 0.05) is 12.1 Å². The first kappa shape index (κ1) is 18.4. The number of rotatable bonds is 5. The lowest BCUT2D eigenvalue weighted by Crippen LogP contribution is -2.41. The second-order valence-electron chi connectivity index (χ2n) is 6.21. The van der Waals surface area contributed by atoms with E-state index < -0.39 is 10.8 Å². The smallest absolute Gasteiger partial charge is 0.276 e. The Bertz CT molecular complexity index is 747. The lowest BCUT2D eigenvalue weighted by atomic mass is 9.86. The van der Waals surface area contributed by atoms with Gasteiger partial charge < -0.3 is 5.32 Å². The van der Waals surface area contributed by atoms with Crippen LogP contribution in [0.5, 0.6) is 0 Å². The Kier molecular flexibility index (Phi) is 6.47. The molecule has 6 nitrogen and oxygen atoms in total. The zero-order valence-electron chi connectivity index (χ0n) is 14.1. The van der Waals surface area contributed by atoms with Crippen molar-refractivity contribution in [3.8, 4) is 6.07 Å². The van der Waals surface area contributed by atoms with E-state index in [2.05, 4.69) is 12.2 Å². The van der Waals surface area contributed by atoms with E-state index in [1.54, 1.807) is 18.2 Å². The minimum atomic E-state index is -0.467. The molecule has 0 spiro atoms. The molecule has 0 radical (unpaired) electrons. The first-order valence-electron chi connectivity index (χ1n) is 8.35. The first-order valence-corrected chi connectivity index (χ1v) is 8.35. The summed E-state index contributed by atoms with van der Waals surface area (Å²) in [5, 5.41) is 23.1. The number of nitriles is 1. The lowest BCUT2D eigenvalue weighted by molar-refractivity contribution is -0.385. The Balaban J connectivity index is 2.08. The Hall–Kier alpha value is -2.94. The van der Waals surface area contributed by atoms with Crippen LogP contribution in [0, 0.1) is 27.4 Å². The topological polar surface area (TPSA) is 96.0 Å². The van der Waals surface area contributed by atoms with Crippen molar-refractivity contribution in [3.05, 3.63) is 57.7 Å². The third-order valence-corrected chi connectivity index (χ3v) is 4.47. The van der Waals surface area contributed by atoms with E-state index in [9.17, 15) is 20.2 Å². The molecule has 2 unspecified atom stereocenters. The quantitative estimate of drug-likeness (QED) is 0.290. The van der Waals surface area contributed by atoms with E-state index in [1.165, 1.54) is 30.7 Å². The summed E-state index contributed by atoms with van der Waals surface area (Å²) in [5.74, 6) is 0.00798. The molecule has 25 heavy (non-hydrogen) atoms. The molecule has 1 amide bonds. The van der Waals surface area contributed by atoms with Crippen molar-refractivity contribution in [1.29, 1.82) is 5.26 Å². The molecular formula is C19H21N3O3. The molecular weight excluding hydrogens is 318 g/mol. The summed E-state index contributed by atoms with van der Waals surface area (Å²) in [6, 6.07) is 8.29. The monoisotopic (exact) mass is 339 g/mol. The van der Waals surface area contributed by atoms with Crippen LogP contribution < -0.4 is 5.32 Å². The Morgan fingerprint density at radius 1 is 1.36 bits per heavy atom. The minimum absolute atomic E-state index is 0.00684. The van der Waals surface area contributed by atoms with Crippen LogP contribution in [-0.2, 0) is 4.79 Å². The molecule has 2 rings (SSSR count). The molecule has 0 heterocycles. The van der Waals surface area contributed by atoms with Crippen molar-refractivity contribution < 1.29 is 9.72 Å². The fourth-order valence-electron chi connectivity index (χ4n) is 2.98. The van der Waals surface area contributed by atoms with Crippen molar-refractivity contribution in [2.24, 2.45) is 5.92 Å². The van der Waals surface area contributed by atoms with Gasteiger partial charge in [0.25, 0.3) is 11.6 Å². The third kappa shape index (κ3) is 5.01. The summed E-state index contributed by atoms with van der Waals surface area (Å²) in [5.41, 5.74) is 0.390. The second-order valence-corrected chi connectivity index (χ2v) is 6.21. The summed E-state index contributed by atoms with van der Waals surface area (Å²) in [6.45, 7) is 2.11. The number of nitrogens with zero attached hydrogens (tertiary/aromatic N) is 2. The number of allylic oxidation sites excluding steroid dienone is 2. The van der Waals surface area contributed by atoms with Crippen LogP contribution in [0.15, 0.2) is 42.0 Å².